The summed E-state index contributed by atoms with van der Waals surface area (Å²) in [5, 5.41) is 25.9. The number of aliphatic hydroxyl groups excluding tert-OH is 2. The number of carbonyl (C=O) groups excluding carboxylic acids is 1. The number of aromatic amines is 1. The number of ether oxygens (including phenoxy) is 1. The van der Waals surface area contributed by atoms with Crippen LogP contribution < -0.4 is 4.74 Å². The van der Waals surface area contributed by atoms with Crippen molar-refractivity contribution in [3.05, 3.63) is 36.0 Å². The first kappa shape index (κ1) is 20.3. The molecule has 0 aliphatic carbocycles. The number of amides is 1. The molecule has 152 valence electrons. The monoisotopic (exact) mass is 388 g/mol. The smallest absolute Gasteiger partial charge is 0.257 e. The van der Waals surface area contributed by atoms with Crippen molar-refractivity contribution in [2.24, 2.45) is 11.8 Å². The van der Waals surface area contributed by atoms with E-state index in [-0.39, 0.29) is 31.0 Å². The van der Waals surface area contributed by atoms with Crippen LogP contribution in [-0.2, 0) is 0 Å². The summed E-state index contributed by atoms with van der Waals surface area (Å²) in [6.07, 6.45) is 1.55. The van der Waals surface area contributed by atoms with E-state index in [1.807, 2.05) is 36.2 Å². The van der Waals surface area contributed by atoms with Crippen molar-refractivity contribution in [1.29, 1.82) is 0 Å². The number of hydrogen-bond acceptors (Lipinski definition) is 6. The van der Waals surface area contributed by atoms with Gasteiger partial charge in [0, 0.05) is 44.3 Å². The number of carbonyl (C=O) groups is 1. The van der Waals surface area contributed by atoms with Gasteiger partial charge in [0.15, 0.2) is 0 Å². The second-order valence-corrected chi connectivity index (χ2v) is 7.29. The van der Waals surface area contributed by atoms with Crippen molar-refractivity contribution in [2.45, 2.75) is 0 Å². The van der Waals surface area contributed by atoms with Gasteiger partial charge in [0.05, 0.1) is 31.2 Å². The van der Waals surface area contributed by atoms with Gasteiger partial charge in [-0.05, 0) is 25.1 Å². The van der Waals surface area contributed by atoms with Gasteiger partial charge in [-0.25, -0.2) is 0 Å². The zero-order valence-electron chi connectivity index (χ0n) is 16.3. The molecular weight excluding hydrogens is 360 g/mol. The zero-order valence-corrected chi connectivity index (χ0v) is 16.3. The van der Waals surface area contributed by atoms with Crippen LogP contribution in [0, 0.1) is 11.8 Å². The Morgan fingerprint density at radius 3 is 2.86 bits per heavy atom. The van der Waals surface area contributed by atoms with Crippen LogP contribution in [-0.4, -0.2) is 89.7 Å². The molecule has 1 aliphatic heterocycles. The number of nitrogens with one attached hydrogen (secondary N) is 1. The lowest BCUT2D eigenvalue weighted by Gasteiger charge is -2.23. The molecule has 2 heterocycles. The van der Waals surface area contributed by atoms with E-state index in [9.17, 15) is 9.90 Å². The number of aromatic nitrogens is 2. The third-order valence-corrected chi connectivity index (χ3v) is 5.35. The van der Waals surface area contributed by atoms with Crippen molar-refractivity contribution < 1.29 is 19.7 Å². The van der Waals surface area contributed by atoms with E-state index in [1.165, 1.54) is 0 Å². The van der Waals surface area contributed by atoms with Crippen LogP contribution in [0.1, 0.15) is 10.4 Å². The predicted octanol–water partition coefficient (Wildman–Crippen LogP) is 0.690. The lowest BCUT2D eigenvalue weighted by molar-refractivity contribution is 0.0779. The van der Waals surface area contributed by atoms with Crippen LogP contribution in [0.3, 0.4) is 0 Å². The van der Waals surface area contributed by atoms with Gasteiger partial charge in [-0.1, -0.05) is 12.1 Å². The fourth-order valence-electron chi connectivity index (χ4n) is 3.80. The molecule has 0 spiro atoms. The third kappa shape index (κ3) is 4.35. The third-order valence-electron chi connectivity index (χ3n) is 5.35. The SMILES string of the molecule is COc1cccc(-c2[nH]ncc2C(=O)N2C[C@@H](CN(C)CCO)[C@@H](CO)C2)c1. The second kappa shape index (κ2) is 9.18. The average Bonchev–Trinajstić information content (AvgIpc) is 3.34. The summed E-state index contributed by atoms with van der Waals surface area (Å²) in [6, 6.07) is 7.48. The summed E-state index contributed by atoms with van der Waals surface area (Å²) in [5.41, 5.74) is 2.00. The molecule has 2 atom stereocenters. The molecule has 0 radical (unpaired) electrons. The molecule has 8 nitrogen and oxygen atoms in total. The van der Waals surface area contributed by atoms with E-state index >= 15 is 0 Å². The standard InChI is InChI=1S/C20H28N4O4/c1-23(6-7-25)10-15-11-24(12-16(15)13-26)20(27)18-9-21-22-19(18)14-4-3-5-17(8-14)28-2/h3-5,8-9,15-16,25-26H,6-7,10-13H2,1-2H3,(H,21,22)/t15-,16-/m1/s1. The molecule has 8 heteroatoms. The first-order chi connectivity index (χ1) is 13.6. The maximum Gasteiger partial charge on any atom is 0.257 e. The number of aliphatic hydroxyl groups is 2. The number of nitrogens with zero attached hydrogens (tertiary/aromatic N) is 3. The van der Waals surface area contributed by atoms with E-state index in [2.05, 4.69) is 10.2 Å². The topological polar surface area (TPSA) is 102 Å². The van der Waals surface area contributed by atoms with E-state index in [1.54, 1.807) is 18.2 Å². The molecule has 1 fully saturated rings. The summed E-state index contributed by atoms with van der Waals surface area (Å²) in [7, 11) is 3.54. The Bertz CT molecular complexity index is 794. The van der Waals surface area contributed by atoms with E-state index < -0.39 is 0 Å². The molecule has 0 unspecified atom stereocenters. The second-order valence-electron chi connectivity index (χ2n) is 7.29. The van der Waals surface area contributed by atoms with Crippen molar-refractivity contribution in [3.8, 4) is 17.0 Å². The van der Waals surface area contributed by atoms with Crippen LogP contribution in [0.4, 0.5) is 0 Å². The Balaban J connectivity index is 1.77. The van der Waals surface area contributed by atoms with Gasteiger partial charge in [0.25, 0.3) is 5.91 Å². The number of rotatable bonds is 8. The van der Waals surface area contributed by atoms with Crippen LogP contribution in [0.5, 0.6) is 5.75 Å². The van der Waals surface area contributed by atoms with Gasteiger partial charge >= 0.3 is 0 Å². The minimum absolute atomic E-state index is 0.0252. The van der Waals surface area contributed by atoms with Gasteiger partial charge in [0.2, 0.25) is 0 Å². The van der Waals surface area contributed by atoms with Gasteiger partial charge in [0.1, 0.15) is 5.75 Å². The average molecular weight is 388 g/mol. The highest BCUT2D eigenvalue weighted by Gasteiger charge is 2.36. The number of methoxy groups -OCH3 is 1. The molecule has 2 aromatic rings. The molecule has 1 aromatic heterocycles. The van der Waals surface area contributed by atoms with Crippen molar-refractivity contribution >= 4 is 5.91 Å². The van der Waals surface area contributed by atoms with Gasteiger partial charge in [-0.2, -0.15) is 5.10 Å². The Hall–Kier alpha value is -2.42. The number of H-pyrrole nitrogens is 1. The van der Waals surface area contributed by atoms with E-state index in [0.29, 0.717) is 36.6 Å². The molecule has 3 N–H and O–H groups in total. The Labute approximate surface area is 164 Å². The summed E-state index contributed by atoms with van der Waals surface area (Å²) in [6.45, 7) is 2.51. The lowest BCUT2D eigenvalue weighted by Crippen LogP contribution is -2.33. The van der Waals surface area contributed by atoms with Crippen molar-refractivity contribution in [2.75, 3.05) is 53.6 Å². The first-order valence-corrected chi connectivity index (χ1v) is 9.44. The largest absolute Gasteiger partial charge is 0.497 e. The van der Waals surface area contributed by atoms with Crippen molar-refractivity contribution in [3.63, 3.8) is 0 Å². The molecule has 3 rings (SSSR count). The Kier molecular flexibility index (Phi) is 6.66. The maximum absolute atomic E-state index is 13.2. The van der Waals surface area contributed by atoms with Crippen LogP contribution in [0.2, 0.25) is 0 Å². The first-order valence-electron chi connectivity index (χ1n) is 9.44. The molecular formula is C20H28N4O4. The van der Waals surface area contributed by atoms with Gasteiger partial charge in [-0.3, -0.25) is 9.89 Å². The van der Waals surface area contributed by atoms with Crippen LogP contribution in [0.25, 0.3) is 11.3 Å². The highest BCUT2D eigenvalue weighted by Crippen LogP contribution is 2.29. The molecule has 1 amide bonds. The van der Waals surface area contributed by atoms with Crippen molar-refractivity contribution in [1.82, 2.24) is 20.0 Å². The predicted molar refractivity (Wildman–Crippen MR) is 105 cm³/mol. The van der Waals surface area contributed by atoms with E-state index in [4.69, 9.17) is 9.84 Å². The Morgan fingerprint density at radius 2 is 2.14 bits per heavy atom. The summed E-state index contributed by atoms with van der Waals surface area (Å²) >= 11 is 0. The number of benzene rings is 1. The minimum atomic E-state index is -0.0997. The fraction of sp³-hybridized carbons (Fsp3) is 0.500. The molecule has 0 bridgehead atoms. The van der Waals surface area contributed by atoms with Gasteiger partial charge < -0.3 is 24.7 Å². The van der Waals surface area contributed by atoms with E-state index in [0.717, 1.165) is 12.1 Å². The highest BCUT2D eigenvalue weighted by atomic mass is 16.5. The van der Waals surface area contributed by atoms with Crippen LogP contribution >= 0.6 is 0 Å². The quantitative estimate of drug-likeness (QED) is 0.615. The lowest BCUT2D eigenvalue weighted by atomic mass is 9.96. The summed E-state index contributed by atoms with van der Waals surface area (Å²) in [4.78, 5) is 17.0. The molecule has 1 saturated heterocycles. The Morgan fingerprint density at radius 1 is 1.36 bits per heavy atom. The fourth-order valence-corrected chi connectivity index (χ4v) is 3.80. The summed E-state index contributed by atoms with van der Waals surface area (Å²) < 4.78 is 5.27. The molecule has 28 heavy (non-hydrogen) atoms. The summed E-state index contributed by atoms with van der Waals surface area (Å²) in [5.74, 6) is 0.797. The number of hydrogen-bond donors (Lipinski definition) is 3. The van der Waals surface area contributed by atoms with Crippen LogP contribution in [0.15, 0.2) is 30.5 Å². The molecule has 1 aromatic carbocycles. The molecule has 1 aliphatic rings. The minimum Gasteiger partial charge on any atom is -0.497 e. The number of likely N-dealkylation sites (tertiary alicyclic amines) is 1. The van der Waals surface area contributed by atoms with Gasteiger partial charge in [-0.15, -0.1) is 0 Å². The normalized spacial score (nSPS) is 19.4. The zero-order chi connectivity index (χ0) is 20.1. The highest BCUT2D eigenvalue weighted by molar-refractivity contribution is 6.00. The maximum atomic E-state index is 13.2. The number of likely N-dealkylation sites (N-methyl/N-ethyl adjacent to an activating group) is 1. The molecule has 0 saturated carbocycles.